The summed E-state index contributed by atoms with van der Waals surface area (Å²) >= 11 is 0. The van der Waals surface area contributed by atoms with Crippen molar-refractivity contribution < 1.29 is 26.4 Å². The third-order valence-electron chi connectivity index (χ3n) is 4.11. The van der Waals surface area contributed by atoms with E-state index in [2.05, 4.69) is 5.32 Å². The van der Waals surface area contributed by atoms with Crippen molar-refractivity contribution in [3.8, 4) is 0 Å². The zero-order valence-corrected chi connectivity index (χ0v) is 14.4. The van der Waals surface area contributed by atoms with Gasteiger partial charge in [-0.15, -0.1) is 0 Å². The highest BCUT2D eigenvalue weighted by Gasteiger charge is 2.47. The van der Waals surface area contributed by atoms with Gasteiger partial charge in [-0.1, -0.05) is 42.5 Å². The Hall–Kier alpha value is -2.61. The van der Waals surface area contributed by atoms with Crippen LogP contribution in [-0.4, -0.2) is 21.2 Å². The second kappa shape index (κ2) is 6.28. The Balaban J connectivity index is 2.20. The van der Waals surface area contributed by atoms with Gasteiger partial charge in [-0.3, -0.25) is 4.79 Å². The van der Waals surface area contributed by atoms with E-state index in [4.69, 9.17) is 0 Å². The first kappa shape index (κ1) is 18.2. The topological polar surface area (TPSA) is 63.2 Å². The Bertz CT molecular complexity index is 996. The fourth-order valence-electron chi connectivity index (χ4n) is 2.99. The van der Waals surface area contributed by atoms with Crippen LogP contribution in [0, 0.1) is 0 Å². The summed E-state index contributed by atoms with van der Waals surface area (Å²) in [6, 6.07) is 12.0. The maximum Gasteiger partial charge on any atom is 0.416 e. The summed E-state index contributed by atoms with van der Waals surface area (Å²) < 4.78 is 64.6. The highest BCUT2D eigenvalue weighted by molar-refractivity contribution is 7.97. The van der Waals surface area contributed by atoms with Crippen molar-refractivity contribution in [3.05, 3.63) is 76.3 Å². The molecular formula is C18H14F3NO3S. The molecule has 0 radical (unpaired) electrons. The highest BCUT2D eigenvalue weighted by atomic mass is 32.2. The number of benzene rings is 2. The Morgan fingerprint density at radius 2 is 1.65 bits per heavy atom. The van der Waals surface area contributed by atoms with E-state index in [0.717, 1.165) is 18.2 Å². The Labute approximate surface area is 148 Å². The van der Waals surface area contributed by atoms with Crippen molar-refractivity contribution in [1.29, 1.82) is 0 Å². The first-order valence-corrected chi connectivity index (χ1v) is 9.15. The van der Waals surface area contributed by atoms with Crippen LogP contribution in [0.4, 0.5) is 13.2 Å². The molecule has 0 amide bonds. The van der Waals surface area contributed by atoms with E-state index in [9.17, 15) is 26.4 Å². The second-order valence-corrected chi connectivity index (χ2v) is 7.70. The number of rotatable bonds is 3. The minimum Gasteiger partial charge on any atom is -0.378 e. The number of nitrogens with one attached hydrogen (secondary N) is 1. The summed E-state index contributed by atoms with van der Waals surface area (Å²) in [5.74, 6) is -0.750. The van der Waals surface area contributed by atoms with Crippen molar-refractivity contribution in [2.45, 2.75) is 11.4 Å². The fourth-order valence-corrected chi connectivity index (χ4v) is 4.93. The zero-order valence-electron chi connectivity index (χ0n) is 13.5. The van der Waals surface area contributed by atoms with Crippen LogP contribution < -0.4 is 5.32 Å². The largest absolute Gasteiger partial charge is 0.416 e. The lowest BCUT2D eigenvalue weighted by atomic mass is 9.96. The van der Waals surface area contributed by atoms with E-state index in [-0.39, 0.29) is 21.7 Å². The van der Waals surface area contributed by atoms with E-state index < -0.39 is 32.6 Å². The van der Waals surface area contributed by atoms with E-state index in [0.29, 0.717) is 0 Å². The van der Waals surface area contributed by atoms with Gasteiger partial charge in [-0.2, -0.15) is 13.2 Å². The van der Waals surface area contributed by atoms with Gasteiger partial charge in [0, 0.05) is 7.05 Å². The van der Waals surface area contributed by atoms with Crippen LogP contribution in [0.5, 0.6) is 0 Å². The maximum absolute atomic E-state index is 13.0. The minimum atomic E-state index is -4.60. The van der Waals surface area contributed by atoms with Gasteiger partial charge in [0.1, 0.15) is 5.03 Å². The average Bonchev–Trinajstić information content (AvgIpc) is 2.79. The van der Waals surface area contributed by atoms with Crippen molar-refractivity contribution >= 4 is 21.2 Å². The summed E-state index contributed by atoms with van der Waals surface area (Å²) in [7, 11) is -2.77. The molecule has 8 heteroatoms. The predicted octanol–water partition coefficient (Wildman–Crippen LogP) is 3.33. The van der Waals surface area contributed by atoms with Gasteiger partial charge < -0.3 is 5.32 Å². The maximum atomic E-state index is 13.0. The monoisotopic (exact) mass is 381 g/mol. The van der Waals surface area contributed by atoms with E-state index in [1.165, 1.54) is 25.2 Å². The van der Waals surface area contributed by atoms with Crippen molar-refractivity contribution in [3.63, 3.8) is 0 Å². The normalized spacial score (nSPS) is 19.7. The number of hydrogen-bond acceptors (Lipinski definition) is 4. The first-order valence-electron chi connectivity index (χ1n) is 7.60. The molecule has 0 saturated carbocycles. The average molecular weight is 381 g/mol. The molecular weight excluding hydrogens is 367 g/mol. The zero-order chi connectivity index (χ0) is 19.1. The van der Waals surface area contributed by atoms with Gasteiger partial charge in [0.15, 0.2) is 11.0 Å². The summed E-state index contributed by atoms with van der Waals surface area (Å²) in [6.45, 7) is 0. The standard InChI is InChI=1S/C18H14F3NO3S/c1-22-17-14(12-8-5-9-13(10-12)18(19,20)21)15(23)16(26(17,24)25)11-6-3-2-4-7-11/h2-10,16,22H,1H3. The predicted molar refractivity (Wildman–Crippen MR) is 90.5 cm³/mol. The molecule has 0 fully saturated rings. The number of carbonyl (C=O) groups is 1. The van der Waals surface area contributed by atoms with Gasteiger partial charge in [0.05, 0.1) is 11.1 Å². The molecule has 1 heterocycles. The number of halogens is 3. The number of ketones is 1. The number of sulfone groups is 1. The van der Waals surface area contributed by atoms with Gasteiger partial charge in [-0.25, -0.2) is 8.42 Å². The molecule has 0 bridgehead atoms. The van der Waals surface area contributed by atoms with Crippen LogP contribution in [0.2, 0.25) is 0 Å². The summed E-state index contributed by atoms with van der Waals surface area (Å²) in [4.78, 5) is 12.9. The Morgan fingerprint density at radius 1 is 1.00 bits per heavy atom. The first-order chi connectivity index (χ1) is 12.2. The molecule has 4 nitrogen and oxygen atoms in total. The molecule has 26 heavy (non-hydrogen) atoms. The van der Waals surface area contributed by atoms with E-state index >= 15 is 0 Å². The molecule has 136 valence electrons. The molecule has 1 aliphatic rings. The van der Waals surface area contributed by atoms with Crippen LogP contribution >= 0.6 is 0 Å². The molecule has 3 rings (SSSR count). The van der Waals surface area contributed by atoms with Gasteiger partial charge in [0.2, 0.25) is 9.84 Å². The number of Topliss-reactive ketones (excluding diaryl/α,β-unsaturated/α-hetero) is 1. The van der Waals surface area contributed by atoms with Gasteiger partial charge in [-0.05, 0) is 23.3 Å². The smallest absolute Gasteiger partial charge is 0.378 e. The third kappa shape index (κ3) is 2.90. The number of alkyl halides is 3. The highest BCUT2D eigenvalue weighted by Crippen LogP contribution is 2.43. The third-order valence-corrected chi connectivity index (χ3v) is 6.20. The number of carbonyl (C=O) groups excluding carboxylic acids is 1. The van der Waals surface area contributed by atoms with Crippen molar-refractivity contribution in [2.75, 3.05) is 7.05 Å². The molecule has 1 N–H and O–H groups in total. The number of hydrogen-bond donors (Lipinski definition) is 1. The molecule has 2 aromatic rings. The van der Waals surface area contributed by atoms with Crippen LogP contribution in [0.1, 0.15) is 21.9 Å². The van der Waals surface area contributed by atoms with Crippen molar-refractivity contribution in [2.24, 2.45) is 0 Å². The molecule has 0 spiro atoms. The molecule has 2 aromatic carbocycles. The molecule has 1 aliphatic heterocycles. The van der Waals surface area contributed by atoms with Crippen LogP contribution in [0.25, 0.3) is 5.57 Å². The second-order valence-electron chi connectivity index (χ2n) is 5.73. The van der Waals surface area contributed by atoms with Crippen LogP contribution in [0.15, 0.2) is 59.6 Å². The molecule has 0 aromatic heterocycles. The lowest BCUT2D eigenvalue weighted by molar-refractivity contribution is -0.137. The van der Waals surface area contributed by atoms with Crippen molar-refractivity contribution in [1.82, 2.24) is 5.32 Å². The summed E-state index contributed by atoms with van der Waals surface area (Å²) in [5, 5.41) is 0.639. The lowest BCUT2D eigenvalue weighted by Crippen LogP contribution is -2.19. The van der Waals surface area contributed by atoms with Crippen LogP contribution in [0.3, 0.4) is 0 Å². The van der Waals surface area contributed by atoms with E-state index in [1.807, 2.05) is 0 Å². The molecule has 0 saturated heterocycles. The summed E-state index contributed by atoms with van der Waals surface area (Å²) in [6.07, 6.45) is -4.60. The molecule has 1 unspecified atom stereocenters. The Morgan fingerprint density at radius 3 is 2.23 bits per heavy atom. The van der Waals surface area contributed by atoms with E-state index in [1.54, 1.807) is 18.2 Å². The Kier molecular flexibility index (Phi) is 4.39. The quantitative estimate of drug-likeness (QED) is 0.886. The SMILES string of the molecule is CNC1=C(c2cccc(C(F)(F)F)c2)C(=O)C(c2ccccc2)S1(=O)=O. The lowest BCUT2D eigenvalue weighted by Gasteiger charge is -2.10. The summed E-state index contributed by atoms with van der Waals surface area (Å²) in [5.41, 5.74) is -1.03. The number of allylic oxidation sites excluding steroid dienone is 1. The van der Waals surface area contributed by atoms with Gasteiger partial charge >= 0.3 is 6.18 Å². The minimum absolute atomic E-state index is 0.0869. The fraction of sp³-hybridized carbons (Fsp3) is 0.167. The van der Waals surface area contributed by atoms with Gasteiger partial charge in [0.25, 0.3) is 0 Å². The van der Waals surface area contributed by atoms with Crippen LogP contribution in [-0.2, 0) is 20.8 Å². The molecule has 1 atom stereocenters. The molecule has 0 aliphatic carbocycles.